The maximum Gasteiger partial charge on any atom is 0.355 e. The highest BCUT2D eigenvalue weighted by Gasteiger charge is 2.32. The maximum absolute atomic E-state index is 12.3. The molecule has 1 heterocycles. The standard InChI is InChI=1S/C16H13ClN2O6/c1-24-15(20)10-6-3-4-9-18(13(10)16(21)25-2)12-8-5-7-11(17)14(12)19(22)23/h3-9H,1-2H3. The largest absolute Gasteiger partial charge is 0.465 e. The van der Waals surface area contributed by atoms with Gasteiger partial charge in [0.25, 0.3) is 0 Å². The van der Waals surface area contributed by atoms with Crippen LogP contribution in [0, 0.1) is 10.1 Å². The van der Waals surface area contributed by atoms with Crippen molar-refractivity contribution in [1.82, 2.24) is 0 Å². The summed E-state index contributed by atoms with van der Waals surface area (Å²) in [6.07, 6.45) is 5.73. The van der Waals surface area contributed by atoms with E-state index in [0.717, 1.165) is 14.2 Å². The predicted octanol–water partition coefficient (Wildman–Crippen LogP) is 2.74. The number of esters is 2. The van der Waals surface area contributed by atoms with E-state index in [2.05, 4.69) is 4.74 Å². The van der Waals surface area contributed by atoms with Crippen molar-refractivity contribution in [2.75, 3.05) is 19.1 Å². The average molecular weight is 365 g/mol. The molecule has 1 aliphatic rings. The molecule has 0 saturated heterocycles. The summed E-state index contributed by atoms with van der Waals surface area (Å²) < 4.78 is 9.42. The number of nitro benzene ring substituents is 1. The van der Waals surface area contributed by atoms with E-state index in [9.17, 15) is 19.7 Å². The van der Waals surface area contributed by atoms with Crippen molar-refractivity contribution in [3.63, 3.8) is 0 Å². The third-order valence-corrected chi connectivity index (χ3v) is 3.60. The molecule has 0 saturated carbocycles. The molecule has 0 fully saturated rings. The van der Waals surface area contributed by atoms with Crippen molar-refractivity contribution in [3.05, 3.63) is 69.0 Å². The van der Waals surface area contributed by atoms with E-state index in [1.807, 2.05) is 0 Å². The van der Waals surface area contributed by atoms with Crippen LogP contribution in [0.1, 0.15) is 0 Å². The van der Waals surface area contributed by atoms with Gasteiger partial charge in [0.05, 0.1) is 24.7 Å². The predicted molar refractivity (Wildman–Crippen MR) is 89.9 cm³/mol. The second-order valence-corrected chi connectivity index (χ2v) is 5.09. The van der Waals surface area contributed by atoms with Gasteiger partial charge in [0.2, 0.25) is 0 Å². The SMILES string of the molecule is COC(=O)C1=C(C(=O)OC)N(c2cccc(Cl)c2[N+](=O)[O-])C=CC=C1. The van der Waals surface area contributed by atoms with E-state index in [0.29, 0.717) is 0 Å². The maximum atomic E-state index is 12.3. The van der Waals surface area contributed by atoms with E-state index in [-0.39, 0.29) is 22.0 Å². The van der Waals surface area contributed by atoms with Crippen LogP contribution in [-0.4, -0.2) is 31.1 Å². The third kappa shape index (κ3) is 3.53. The van der Waals surface area contributed by atoms with Gasteiger partial charge in [-0.2, -0.15) is 0 Å². The number of nitro groups is 1. The van der Waals surface area contributed by atoms with Crippen molar-refractivity contribution in [3.8, 4) is 0 Å². The highest BCUT2D eigenvalue weighted by molar-refractivity contribution is 6.33. The summed E-state index contributed by atoms with van der Waals surface area (Å²) in [4.78, 5) is 36.3. The number of carbonyl (C=O) groups excluding carboxylic acids is 2. The number of rotatable bonds is 4. The van der Waals surface area contributed by atoms with Crippen molar-refractivity contribution >= 4 is 34.9 Å². The molecular weight excluding hydrogens is 352 g/mol. The zero-order chi connectivity index (χ0) is 18.6. The first kappa shape index (κ1) is 18.2. The lowest BCUT2D eigenvalue weighted by atomic mass is 10.1. The Hall–Kier alpha value is -3.13. The Morgan fingerprint density at radius 2 is 1.84 bits per heavy atom. The molecule has 0 N–H and O–H groups in total. The van der Waals surface area contributed by atoms with Gasteiger partial charge >= 0.3 is 17.6 Å². The number of ether oxygens (including phenoxy) is 2. The number of benzene rings is 1. The average Bonchev–Trinajstić information content (AvgIpc) is 2.82. The highest BCUT2D eigenvalue weighted by atomic mass is 35.5. The Kier molecular flexibility index (Phi) is 5.56. The van der Waals surface area contributed by atoms with Crippen molar-refractivity contribution in [2.45, 2.75) is 0 Å². The summed E-state index contributed by atoms with van der Waals surface area (Å²) in [6.45, 7) is 0. The van der Waals surface area contributed by atoms with Crippen LogP contribution in [0.15, 0.2) is 53.9 Å². The van der Waals surface area contributed by atoms with Gasteiger partial charge < -0.3 is 14.4 Å². The fourth-order valence-corrected chi connectivity index (χ4v) is 2.47. The molecule has 0 amide bonds. The number of hydrogen-bond donors (Lipinski definition) is 0. The van der Waals surface area contributed by atoms with Gasteiger partial charge in [0.1, 0.15) is 16.4 Å². The molecule has 1 aliphatic heterocycles. The van der Waals surface area contributed by atoms with Gasteiger partial charge in [-0.15, -0.1) is 0 Å². The molecule has 0 radical (unpaired) electrons. The third-order valence-electron chi connectivity index (χ3n) is 3.30. The Bertz CT molecular complexity index is 828. The lowest BCUT2D eigenvalue weighted by Crippen LogP contribution is -2.27. The lowest BCUT2D eigenvalue weighted by molar-refractivity contribution is -0.383. The van der Waals surface area contributed by atoms with Crippen molar-refractivity contribution in [1.29, 1.82) is 0 Å². The smallest absolute Gasteiger partial charge is 0.355 e. The normalized spacial score (nSPS) is 13.5. The van der Waals surface area contributed by atoms with Crippen molar-refractivity contribution in [2.24, 2.45) is 0 Å². The van der Waals surface area contributed by atoms with Gasteiger partial charge in [-0.1, -0.05) is 23.7 Å². The minimum Gasteiger partial charge on any atom is -0.465 e. The molecule has 8 nitrogen and oxygen atoms in total. The van der Waals surface area contributed by atoms with Gasteiger partial charge in [0, 0.05) is 6.20 Å². The second-order valence-electron chi connectivity index (χ2n) is 4.68. The Labute approximate surface area is 147 Å². The van der Waals surface area contributed by atoms with Crippen LogP contribution in [0.25, 0.3) is 0 Å². The molecule has 0 bridgehead atoms. The number of methoxy groups -OCH3 is 2. The monoisotopic (exact) mass is 364 g/mol. The quantitative estimate of drug-likeness (QED) is 0.460. The van der Waals surface area contributed by atoms with Crippen LogP contribution in [-0.2, 0) is 19.1 Å². The molecule has 0 aliphatic carbocycles. The molecule has 0 spiro atoms. The molecule has 2 rings (SSSR count). The van der Waals surface area contributed by atoms with E-state index >= 15 is 0 Å². The minimum absolute atomic E-state index is 0.000692. The Morgan fingerprint density at radius 1 is 1.16 bits per heavy atom. The van der Waals surface area contributed by atoms with Gasteiger partial charge in [-0.25, -0.2) is 9.59 Å². The van der Waals surface area contributed by atoms with E-state index in [4.69, 9.17) is 16.3 Å². The fraction of sp³-hybridized carbons (Fsp3) is 0.125. The molecular formula is C16H13ClN2O6. The molecule has 1 aromatic carbocycles. The number of nitrogens with zero attached hydrogens (tertiary/aromatic N) is 2. The zero-order valence-electron chi connectivity index (χ0n) is 13.3. The van der Waals surface area contributed by atoms with E-state index in [1.54, 1.807) is 0 Å². The minimum atomic E-state index is -0.870. The number of carbonyl (C=O) groups is 2. The molecule has 0 unspecified atom stereocenters. The van der Waals surface area contributed by atoms with Crippen molar-refractivity contribution < 1.29 is 24.0 Å². The summed E-state index contributed by atoms with van der Waals surface area (Å²) in [6, 6.07) is 4.24. The van der Waals surface area contributed by atoms with Crippen LogP contribution < -0.4 is 4.90 Å². The van der Waals surface area contributed by atoms with Gasteiger partial charge in [-0.05, 0) is 24.3 Å². The topological polar surface area (TPSA) is 99.0 Å². The summed E-state index contributed by atoms with van der Waals surface area (Å²) in [7, 11) is 2.29. The van der Waals surface area contributed by atoms with Crippen LogP contribution >= 0.6 is 11.6 Å². The number of anilines is 1. The molecule has 130 valence electrons. The molecule has 1 aromatic rings. The second kappa shape index (κ2) is 7.63. The van der Waals surface area contributed by atoms with E-state index < -0.39 is 22.5 Å². The Morgan fingerprint density at radius 3 is 2.44 bits per heavy atom. The number of allylic oxidation sites excluding steroid dienone is 2. The molecule has 25 heavy (non-hydrogen) atoms. The number of hydrogen-bond acceptors (Lipinski definition) is 7. The van der Waals surface area contributed by atoms with E-state index in [1.165, 1.54) is 47.5 Å². The molecule has 0 aromatic heterocycles. The van der Waals surface area contributed by atoms with Gasteiger partial charge in [0.15, 0.2) is 0 Å². The van der Waals surface area contributed by atoms with Crippen LogP contribution in [0.5, 0.6) is 0 Å². The van der Waals surface area contributed by atoms with Crippen LogP contribution in [0.4, 0.5) is 11.4 Å². The number of halogens is 1. The molecule has 9 heteroatoms. The summed E-state index contributed by atoms with van der Waals surface area (Å²) in [5, 5.41) is 11.3. The van der Waals surface area contributed by atoms with Crippen LogP contribution in [0.3, 0.4) is 0 Å². The number of para-hydroxylation sites is 1. The first-order valence-electron chi connectivity index (χ1n) is 6.90. The summed E-state index contributed by atoms with van der Waals surface area (Å²) in [5.74, 6) is -1.67. The fourth-order valence-electron chi connectivity index (χ4n) is 2.23. The van der Waals surface area contributed by atoms with Gasteiger partial charge in [-0.3, -0.25) is 10.1 Å². The first-order valence-corrected chi connectivity index (χ1v) is 7.28. The van der Waals surface area contributed by atoms with Crippen LogP contribution in [0.2, 0.25) is 5.02 Å². The first-order chi connectivity index (χ1) is 11.9. The summed E-state index contributed by atoms with van der Waals surface area (Å²) >= 11 is 5.94. The summed E-state index contributed by atoms with van der Waals surface area (Å²) in [5.41, 5.74) is -0.765. The molecule has 0 atom stereocenters. The lowest BCUT2D eigenvalue weighted by Gasteiger charge is -2.23. The Balaban J connectivity index is 2.79. The zero-order valence-corrected chi connectivity index (χ0v) is 14.0. The highest BCUT2D eigenvalue weighted by Crippen LogP contribution is 2.38.